The number of phenolic OH excluding ortho intramolecular Hbond substituents is 3. The molecule has 23 heavy (non-hydrogen) atoms. The SMILES string of the molecule is C/C(=N/Nc1c([N+](=O)[O-])c(C)nn1C)c1ccc(O)c(O)c1O. The zero-order valence-electron chi connectivity index (χ0n) is 12.6. The van der Waals surface area contributed by atoms with E-state index in [9.17, 15) is 25.4 Å². The summed E-state index contributed by atoms with van der Waals surface area (Å²) in [7, 11) is 1.52. The summed E-state index contributed by atoms with van der Waals surface area (Å²) in [5, 5.41) is 47.6. The van der Waals surface area contributed by atoms with Crippen molar-refractivity contribution in [2.24, 2.45) is 12.1 Å². The summed E-state index contributed by atoms with van der Waals surface area (Å²) in [5.74, 6) is -1.60. The van der Waals surface area contributed by atoms with Crippen LogP contribution in [0, 0.1) is 17.0 Å². The fourth-order valence-corrected chi connectivity index (χ4v) is 2.05. The Kier molecular flexibility index (Phi) is 4.08. The van der Waals surface area contributed by atoms with Crippen LogP contribution in [0.2, 0.25) is 0 Å². The monoisotopic (exact) mass is 321 g/mol. The van der Waals surface area contributed by atoms with Crippen LogP contribution in [0.15, 0.2) is 17.2 Å². The van der Waals surface area contributed by atoms with E-state index in [4.69, 9.17) is 0 Å². The maximum Gasteiger partial charge on any atom is 0.335 e. The van der Waals surface area contributed by atoms with E-state index in [-0.39, 0.29) is 28.5 Å². The summed E-state index contributed by atoms with van der Waals surface area (Å²) in [6.45, 7) is 3.03. The van der Waals surface area contributed by atoms with Gasteiger partial charge in [0.05, 0.1) is 10.6 Å². The number of hydrogen-bond donors (Lipinski definition) is 4. The van der Waals surface area contributed by atoms with Crippen LogP contribution in [0.3, 0.4) is 0 Å². The van der Waals surface area contributed by atoms with Gasteiger partial charge in [-0.3, -0.25) is 15.5 Å². The predicted molar refractivity (Wildman–Crippen MR) is 81.9 cm³/mol. The number of nitrogens with one attached hydrogen (secondary N) is 1. The van der Waals surface area contributed by atoms with Gasteiger partial charge in [0.15, 0.2) is 11.5 Å². The number of aromatic hydroxyl groups is 3. The van der Waals surface area contributed by atoms with Gasteiger partial charge in [0, 0.05) is 12.6 Å². The third-order valence-electron chi connectivity index (χ3n) is 3.22. The highest BCUT2D eigenvalue weighted by Crippen LogP contribution is 2.37. The van der Waals surface area contributed by atoms with Crippen molar-refractivity contribution in [1.29, 1.82) is 0 Å². The number of nitro groups is 1. The average molecular weight is 321 g/mol. The Balaban J connectivity index is 2.38. The van der Waals surface area contributed by atoms with Gasteiger partial charge in [0.2, 0.25) is 11.6 Å². The number of aromatic nitrogens is 2. The zero-order chi connectivity index (χ0) is 17.3. The molecule has 2 aromatic rings. The van der Waals surface area contributed by atoms with Crippen LogP contribution in [0.25, 0.3) is 0 Å². The Bertz CT molecular complexity index is 812. The van der Waals surface area contributed by atoms with Crippen LogP contribution in [-0.2, 0) is 7.05 Å². The molecule has 10 heteroatoms. The van der Waals surface area contributed by atoms with E-state index in [0.717, 1.165) is 0 Å². The number of nitrogens with zero attached hydrogens (tertiary/aromatic N) is 4. The molecule has 0 bridgehead atoms. The molecule has 0 aliphatic carbocycles. The first-order chi connectivity index (χ1) is 10.7. The minimum absolute atomic E-state index is 0.0781. The lowest BCUT2D eigenvalue weighted by atomic mass is 10.1. The molecule has 1 aromatic heterocycles. The maximum atomic E-state index is 11.1. The van der Waals surface area contributed by atoms with E-state index in [1.54, 1.807) is 0 Å². The number of benzene rings is 1. The summed E-state index contributed by atoms with van der Waals surface area (Å²) < 4.78 is 1.28. The number of rotatable bonds is 4. The Morgan fingerprint density at radius 1 is 1.35 bits per heavy atom. The summed E-state index contributed by atoms with van der Waals surface area (Å²) >= 11 is 0. The van der Waals surface area contributed by atoms with Gasteiger partial charge in [-0.05, 0) is 26.0 Å². The van der Waals surface area contributed by atoms with Gasteiger partial charge in [0.25, 0.3) is 0 Å². The molecular formula is C13H15N5O5. The molecule has 0 fully saturated rings. The Morgan fingerprint density at radius 3 is 2.61 bits per heavy atom. The van der Waals surface area contributed by atoms with Gasteiger partial charge in [-0.1, -0.05) is 0 Å². The second-order valence-corrected chi connectivity index (χ2v) is 4.80. The van der Waals surface area contributed by atoms with Crippen molar-refractivity contribution in [2.75, 3.05) is 5.43 Å². The first kappa shape index (κ1) is 16.1. The second kappa shape index (κ2) is 5.83. The first-order valence-electron chi connectivity index (χ1n) is 6.46. The van der Waals surface area contributed by atoms with Crippen molar-refractivity contribution in [3.8, 4) is 17.2 Å². The third kappa shape index (κ3) is 2.86. The van der Waals surface area contributed by atoms with Crippen molar-refractivity contribution in [3.05, 3.63) is 33.5 Å². The lowest BCUT2D eigenvalue weighted by Crippen LogP contribution is -2.05. The molecular weight excluding hydrogens is 306 g/mol. The second-order valence-electron chi connectivity index (χ2n) is 4.80. The molecule has 0 saturated carbocycles. The molecule has 0 amide bonds. The molecule has 122 valence electrons. The summed E-state index contributed by atoms with van der Waals surface area (Å²) in [5.41, 5.74) is 2.97. The van der Waals surface area contributed by atoms with E-state index >= 15 is 0 Å². The molecule has 0 atom stereocenters. The lowest BCUT2D eigenvalue weighted by molar-refractivity contribution is -0.384. The normalized spacial score (nSPS) is 11.5. The molecule has 0 aliphatic rings. The lowest BCUT2D eigenvalue weighted by Gasteiger charge is -2.08. The van der Waals surface area contributed by atoms with E-state index in [2.05, 4.69) is 15.6 Å². The molecule has 4 N–H and O–H groups in total. The van der Waals surface area contributed by atoms with Crippen LogP contribution < -0.4 is 5.43 Å². The van der Waals surface area contributed by atoms with Gasteiger partial charge in [-0.15, -0.1) is 0 Å². The van der Waals surface area contributed by atoms with E-state index in [1.165, 1.54) is 37.7 Å². The number of aryl methyl sites for hydroxylation is 2. The van der Waals surface area contributed by atoms with Gasteiger partial charge in [-0.25, -0.2) is 4.68 Å². The molecule has 0 unspecified atom stereocenters. The van der Waals surface area contributed by atoms with Gasteiger partial charge in [-0.2, -0.15) is 10.2 Å². The highest BCUT2D eigenvalue weighted by Gasteiger charge is 2.24. The van der Waals surface area contributed by atoms with Crippen molar-refractivity contribution < 1.29 is 20.2 Å². The van der Waals surface area contributed by atoms with Crippen LogP contribution in [0.4, 0.5) is 11.5 Å². The molecule has 0 saturated heterocycles. The van der Waals surface area contributed by atoms with Crippen molar-refractivity contribution in [1.82, 2.24) is 9.78 Å². The Labute approximate surface area is 130 Å². The van der Waals surface area contributed by atoms with Crippen LogP contribution >= 0.6 is 0 Å². The van der Waals surface area contributed by atoms with Crippen molar-refractivity contribution in [3.63, 3.8) is 0 Å². The smallest absolute Gasteiger partial charge is 0.335 e. The summed E-state index contributed by atoms with van der Waals surface area (Å²) in [6, 6.07) is 2.55. The number of phenols is 3. The quantitative estimate of drug-likeness (QED) is 0.289. The van der Waals surface area contributed by atoms with Crippen molar-refractivity contribution >= 4 is 17.2 Å². The minimum atomic E-state index is -0.667. The molecule has 1 heterocycles. The topological polar surface area (TPSA) is 146 Å². The molecule has 0 spiro atoms. The first-order valence-corrected chi connectivity index (χ1v) is 6.46. The predicted octanol–water partition coefficient (Wildman–Crippen LogP) is 1.59. The standard InChI is InChI=1S/C13H15N5O5/c1-6(8-4-5-9(19)12(21)11(8)20)14-15-13-10(18(22)23)7(2)16-17(13)3/h4-5,15,19-21H,1-3H3/b14-6-. The van der Waals surface area contributed by atoms with E-state index < -0.39 is 22.2 Å². The number of hydrogen-bond acceptors (Lipinski definition) is 8. The summed E-state index contributed by atoms with van der Waals surface area (Å²) in [4.78, 5) is 10.5. The molecule has 2 rings (SSSR count). The summed E-state index contributed by atoms with van der Waals surface area (Å²) in [6.07, 6.45) is 0. The fraction of sp³-hybridized carbons (Fsp3) is 0.231. The van der Waals surface area contributed by atoms with Gasteiger partial charge >= 0.3 is 5.69 Å². The zero-order valence-corrected chi connectivity index (χ0v) is 12.6. The molecule has 0 radical (unpaired) electrons. The van der Waals surface area contributed by atoms with Gasteiger partial charge < -0.3 is 15.3 Å². The largest absolute Gasteiger partial charge is 0.504 e. The number of anilines is 1. The third-order valence-corrected chi connectivity index (χ3v) is 3.22. The molecule has 10 nitrogen and oxygen atoms in total. The van der Waals surface area contributed by atoms with Crippen LogP contribution in [-0.4, -0.2) is 35.7 Å². The van der Waals surface area contributed by atoms with E-state index in [0.29, 0.717) is 0 Å². The molecule has 0 aliphatic heterocycles. The average Bonchev–Trinajstić information content (AvgIpc) is 2.76. The minimum Gasteiger partial charge on any atom is -0.504 e. The Morgan fingerprint density at radius 2 is 2.00 bits per heavy atom. The van der Waals surface area contributed by atoms with Crippen LogP contribution in [0.1, 0.15) is 18.2 Å². The maximum absolute atomic E-state index is 11.1. The Hall–Kier alpha value is -3.30. The molecule has 1 aromatic carbocycles. The van der Waals surface area contributed by atoms with Gasteiger partial charge in [0.1, 0.15) is 5.69 Å². The highest BCUT2D eigenvalue weighted by molar-refractivity contribution is 6.02. The number of hydrazone groups is 1. The fourth-order valence-electron chi connectivity index (χ4n) is 2.05. The van der Waals surface area contributed by atoms with E-state index in [1.807, 2.05) is 0 Å². The van der Waals surface area contributed by atoms with Crippen molar-refractivity contribution in [2.45, 2.75) is 13.8 Å². The van der Waals surface area contributed by atoms with Crippen LogP contribution in [0.5, 0.6) is 17.2 Å². The highest BCUT2D eigenvalue weighted by atomic mass is 16.6.